The van der Waals surface area contributed by atoms with Crippen LogP contribution < -0.4 is 9.64 Å². The second kappa shape index (κ2) is 5.40. The molecule has 4 nitrogen and oxygen atoms in total. The number of Topliss-reactive ketones (excluding diaryl/α,β-unsaturated/α-hetero) is 1. The third kappa shape index (κ3) is 4.04. The van der Waals surface area contributed by atoms with Gasteiger partial charge in [0.05, 0.1) is 11.2 Å². The standard InChI is InChI=1S/C14H21NO3/c1-10(16)12-7-6-11(15(4)5)8-13(12)18-9-14(2,3)17/h6-8,17H,9H2,1-5H3. The molecule has 0 aliphatic carbocycles. The third-order valence-corrected chi connectivity index (χ3v) is 2.44. The monoisotopic (exact) mass is 251 g/mol. The molecular formula is C14H21NO3. The molecule has 0 saturated heterocycles. The number of aliphatic hydroxyl groups is 1. The summed E-state index contributed by atoms with van der Waals surface area (Å²) < 4.78 is 5.56. The van der Waals surface area contributed by atoms with Gasteiger partial charge in [-0.15, -0.1) is 0 Å². The Morgan fingerprint density at radius 2 is 2.00 bits per heavy atom. The molecule has 100 valence electrons. The zero-order chi connectivity index (χ0) is 13.9. The predicted molar refractivity (Wildman–Crippen MR) is 72.6 cm³/mol. The van der Waals surface area contributed by atoms with Gasteiger partial charge in [0.1, 0.15) is 12.4 Å². The molecule has 1 aromatic carbocycles. The van der Waals surface area contributed by atoms with Crippen molar-refractivity contribution in [3.63, 3.8) is 0 Å². The fourth-order valence-electron chi connectivity index (χ4n) is 1.45. The van der Waals surface area contributed by atoms with Gasteiger partial charge in [-0.2, -0.15) is 0 Å². The molecule has 0 radical (unpaired) electrons. The normalized spacial score (nSPS) is 11.2. The van der Waals surface area contributed by atoms with Crippen LogP contribution >= 0.6 is 0 Å². The zero-order valence-corrected chi connectivity index (χ0v) is 11.7. The molecule has 0 atom stereocenters. The summed E-state index contributed by atoms with van der Waals surface area (Å²) in [5.41, 5.74) is 0.554. The zero-order valence-electron chi connectivity index (χ0n) is 11.7. The van der Waals surface area contributed by atoms with Crippen LogP contribution in [0.15, 0.2) is 18.2 Å². The quantitative estimate of drug-likeness (QED) is 0.814. The van der Waals surface area contributed by atoms with Gasteiger partial charge in [-0.1, -0.05) is 0 Å². The van der Waals surface area contributed by atoms with Crippen LogP contribution in [0, 0.1) is 0 Å². The molecule has 0 aliphatic rings. The van der Waals surface area contributed by atoms with E-state index in [0.29, 0.717) is 11.3 Å². The number of anilines is 1. The van der Waals surface area contributed by atoms with Gasteiger partial charge in [-0.05, 0) is 32.9 Å². The van der Waals surface area contributed by atoms with Crippen molar-refractivity contribution in [3.05, 3.63) is 23.8 Å². The average molecular weight is 251 g/mol. The maximum Gasteiger partial charge on any atom is 0.163 e. The van der Waals surface area contributed by atoms with Gasteiger partial charge in [0.15, 0.2) is 5.78 Å². The van der Waals surface area contributed by atoms with Gasteiger partial charge in [-0.25, -0.2) is 0 Å². The summed E-state index contributed by atoms with van der Waals surface area (Å²) in [6, 6.07) is 5.42. The lowest BCUT2D eigenvalue weighted by Crippen LogP contribution is -2.28. The summed E-state index contributed by atoms with van der Waals surface area (Å²) in [4.78, 5) is 13.4. The van der Waals surface area contributed by atoms with E-state index in [1.165, 1.54) is 6.92 Å². The Kier molecular flexibility index (Phi) is 4.35. The van der Waals surface area contributed by atoms with E-state index in [0.717, 1.165) is 5.69 Å². The van der Waals surface area contributed by atoms with E-state index >= 15 is 0 Å². The van der Waals surface area contributed by atoms with Gasteiger partial charge < -0.3 is 14.7 Å². The lowest BCUT2D eigenvalue weighted by Gasteiger charge is -2.20. The molecule has 0 aromatic heterocycles. The smallest absolute Gasteiger partial charge is 0.163 e. The van der Waals surface area contributed by atoms with Crippen molar-refractivity contribution in [2.75, 3.05) is 25.6 Å². The highest BCUT2D eigenvalue weighted by Crippen LogP contribution is 2.26. The van der Waals surface area contributed by atoms with Crippen molar-refractivity contribution in [1.82, 2.24) is 0 Å². The van der Waals surface area contributed by atoms with Crippen LogP contribution in [0.25, 0.3) is 0 Å². The fourth-order valence-corrected chi connectivity index (χ4v) is 1.45. The molecule has 1 N–H and O–H groups in total. The first-order chi connectivity index (χ1) is 8.20. The Hall–Kier alpha value is -1.55. The molecule has 0 aliphatic heterocycles. The van der Waals surface area contributed by atoms with E-state index in [-0.39, 0.29) is 12.4 Å². The molecule has 0 fully saturated rings. The molecule has 1 aromatic rings. The highest BCUT2D eigenvalue weighted by atomic mass is 16.5. The van der Waals surface area contributed by atoms with Crippen LogP contribution in [0.5, 0.6) is 5.75 Å². The number of carbonyl (C=O) groups is 1. The Labute approximate surface area is 108 Å². The first-order valence-electron chi connectivity index (χ1n) is 5.88. The largest absolute Gasteiger partial charge is 0.490 e. The summed E-state index contributed by atoms with van der Waals surface area (Å²) in [5, 5.41) is 9.67. The molecule has 0 saturated carbocycles. The van der Waals surface area contributed by atoms with Crippen LogP contribution in [-0.2, 0) is 0 Å². The minimum Gasteiger partial charge on any atom is -0.490 e. The first-order valence-corrected chi connectivity index (χ1v) is 5.88. The van der Waals surface area contributed by atoms with Crippen molar-refractivity contribution in [3.8, 4) is 5.75 Å². The van der Waals surface area contributed by atoms with E-state index in [1.54, 1.807) is 19.9 Å². The number of rotatable bonds is 5. The van der Waals surface area contributed by atoms with Crippen molar-refractivity contribution in [2.24, 2.45) is 0 Å². The maximum absolute atomic E-state index is 11.5. The molecule has 0 amide bonds. The Morgan fingerprint density at radius 1 is 1.39 bits per heavy atom. The number of hydrogen-bond acceptors (Lipinski definition) is 4. The van der Waals surface area contributed by atoms with Gasteiger partial charge in [0.25, 0.3) is 0 Å². The van der Waals surface area contributed by atoms with Crippen molar-refractivity contribution in [2.45, 2.75) is 26.4 Å². The number of nitrogens with zero attached hydrogens (tertiary/aromatic N) is 1. The first kappa shape index (κ1) is 14.5. The summed E-state index contributed by atoms with van der Waals surface area (Å²) in [6.45, 7) is 4.97. The molecule has 1 rings (SSSR count). The number of carbonyl (C=O) groups excluding carboxylic acids is 1. The number of hydrogen-bond donors (Lipinski definition) is 1. The molecule has 0 bridgehead atoms. The van der Waals surface area contributed by atoms with E-state index in [4.69, 9.17) is 4.74 Å². The van der Waals surface area contributed by atoms with Gasteiger partial charge in [0.2, 0.25) is 0 Å². The second-order valence-electron chi connectivity index (χ2n) is 5.23. The minimum atomic E-state index is -0.928. The summed E-state index contributed by atoms with van der Waals surface area (Å²) in [7, 11) is 3.84. The van der Waals surface area contributed by atoms with Crippen LogP contribution in [0.4, 0.5) is 5.69 Å². The topological polar surface area (TPSA) is 49.8 Å². The molecule has 0 heterocycles. The SMILES string of the molecule is CC(=O)c1ccc(N(C)C)cc1OCC(C)(C)O. The van der Waals surface area contributed by atoms with Crippen LogP contribution in [-0.4, -0.2) is 37.2 Å². The summed E-state index contributed by atoms with van der Waals surface area (Å²) in [5.74, 6) is 0.460. The van der Waals surface area contributed by atoms with Gasteiger partial charge in [-0.3, -0.25) is 4.79 Å². The maximum atomic E-state index is 11.5. The summed E-state index contributed by atoms with van der Waals surface area (Å²) in [6.07, 6.45) is 0. The van der Waals surface area contributed by atoms with E-state index in [1.807, 2.05) is 31.1 Å². The molecule has 18 heavy (non-hydrogen) atoms. The Balaban J connectivity index is 3.04. The number of ketones is 1. The van der Waals surface area contributed by atoms with Crippen molar-refractivity contribution >= 4 is 11.5 Å². The lowest BCUT2D eigenvalue weighted by molar-refractivity contribution is 0.0281. The molecule has 4 heteroatoms. The van der Waals surface area contributed by atoms with Crippen molar-refractivity contribution < 1.29 is 14.6 Å². The highest BCUT2D eigenvalue weighted by molar-refractivity contribution is 5.97. The van der Waals surface area contributed by atoms with E-state index in [2.05, 4.69) is 0 Å². The van der Waals surface area contributed by atoms with E-state index < -0.39 is 5.60 Å². The predicted octanol–water partition coefficient (Wildman–Crippen LogP) is 2.10. The molecule has 0 spiro atoms. The van der Waals surface area contributed by atoms with Crippen molar-refractivity contribution in [1.29, 1.82) is 0 Å². The van der Waals surface area contributed by atoms with E-state index in [9.17, 15) is 9.90 Å². The second-order valence-corrected chi connectivity index (χ2v) is 5.23. The lowest BCUT2D eigenvalue weighted by atomic mass is 10.1. The molecule has 0 unspecified atom stereocenters. The Bertz CT molecular complexity index is 433. The minimum absolute atomic E-state index is 0.0500. The number of benzene rings is 1. The highest BCUT2D eigenvalue weighted by Gasteiger charge is 2.16. The van der Waals surface area contributed by atoms with Crippen LogP contribution in [0.3, 0.4) is 0 Å². The van der Waals surface area contributed by atoms with Crippen LogP contribution in [0.1, 0.15) is 31.1 Å². The number of ether oxygens (including phenoxy) is 1. The fraction of sp³-hybridized carbons (Fsp3) is 0.500. The van der Waals surface area contributed by atoms with Gasteiger partial charge in [0, 0.05) is 25.8 Å². The Morgan fingerprint density at radius 3 is 2.44 bits per heavy atom. The van der Waals surface area contributed by atoms with Crippen LogP contribution in [0.2, 0.25) is 0 Å². The molecular weight excluding hydrogens is 230 g/mol. The average Bonchev–Trinajstić information content (AvgIpc) is 2.24. The third-order valence-electron chi connectivity index (χ3n) is 2.44. The summed E-state index contributed by atoms with van der Waals surface area (Å²) >= 11 is 0. The van der Waals surface area contributed by atoms with Gasteiger partial charge >= 0.3 is 0 Å².